The normalized spacial score (nSPS) is 21.3. The van der Waals surface area contributed by atoms with Gasteiger partial charge in [-0.1, -0.05) is 24.7 Å². The van der Waals surface area contributed by atoms with Crippen LogP contribution in [0, 0.1) is 17.7 Å². The lowest BCUT2D eigenvalue weighted by molar-refractivity contribution is 0.0717. The van der Waals surface area contributed by atoms with Crippen molar-refractivity contribution in [2.24, 2.45) is 0 Å². The Labute approximate surface area is 123 Å². The molecular weight excluding hydrogens is 273 g/mol. The number of amides is 1. The number of halogens is 1. The average molecular weight is 291 g/mol. The molecule has 0 radical (unpaired) electrons. The Hall–Kier alpha value is -1.90. The SMILES string of the molecule is O=C(NC1CCCCC1O)c1ccc(F)cc1C#CCO. The molecule has 3 N–H and O–H groups in total. The Morgan fingerprint density at radius 3 is 2.86 bits per heavy atom. The maximum absolute atomic E-state index is 13.3. The molecule has 0 aliphatic heterocycles. The molecule has 1 aromatic carbocycles. The highest BCUT2D eigenvalue weighted by molar-refractivity contribution is 5.97. The molecular formula is C16H18FNO3. The van der Waals surface area contributed by atoms with Crippen molar-refractivity contribution in [1.29, 1.82) is 0 Å². The first-order valence-corrected chi connectivity index (χ1v) is 7.00. The van der Waals surface area contributed by atoms with E-state index in [-0.39, 0.29) is 29.7 Å². The first kappa shape index (κ1) is 15.5. The van der Waals surface area contributed by atoms with Gasteiger partial charge in [-0.15, -0.1) is 0 Å². The molecule has 1 saturated carbocycles. The van der Waals surface area contributed by atoms with Gasteiger partial charge in [0.2, 0.25) is 0 Å². The van der Waals surface area contributed by atoms with E-state index in [1.165, 1.54) is 12.1 Å². The van der Waals surface area contributed by atoms with Crippen molar-refractivity contribution in [1.82, 2.24) is 5.32 Å². The van der Waals surface area contributed by atoms with E-state index in [2.05, 4.69) is 17.2 Å². The van der Waals surface area contributed by atoms with E-state index >= 15 is 0 Å². The lowest BCUT2D eigenvalue weighted by Crippen LogP contribution is -2.45. The molecule has 112 valence electrons. The first-order valence-electron chi connectivity index (χ1n) is 7.00. The molecule has 0 bridgehead atoms. The minimum atomic E-state index is -0.546. The Balaban J connectivity index is 2.18. The number of aliphatic hydroxyl groups excluding tert-OH is 2. The summed E-state index contributed by atoms with van der Waals surface area (Å²) in [5.41, 5.74) is 0.474. The van der Waals surface area contributed by atoms with Crippen LogP contribution in [-0.4, -0.2) is 34.9 Å². The zero-order valence-electron chi connectivity index (χ0n) is 11.6. The summed E-state index contributed by atoms with van der Waals surface area (Å²) in [6.45, 7) is -0.362. The van der Waals surface area contributed by atoms with E-state index in [1.807, 2.05) is 0 Å². The molecule has 4 nitrogen and oxygen atoms in total. The van der Waals surface area contributed by atoms with Crippen LogP contribution in [-0.2, 0) is 0 Å². The van der Waals surface area contributed by atoms with E-state index in [9.17, 15) is 14.3 Å². The van der Waals surface area contributed by atoms with Crippen LogP contribution in [0.2, 0.25) is 0 Å². The van der Waals surface area contributed by atoms with Gasteiger partial charge in [-0.2, -0.15) is 0 Å². The van der Waals surface area contributed by atoms with Gasteiger partial charge < -0.3 is 15.5 Å². The highest BCUT2D eigenvalue weighted by atomic mass is 19.1. The summed E-state index contributed by atoms with van der Waals surface area (Å²) in [5, 5.41) is 21.4. The summed E-state index contributed by atoms with van der Waals surface area (Å²) >= 11 is 0. The fourth-order valence-electron chi connectivity index (χ4n) is 2.48. The van der Waals surface area contributed by atoms with E-state index < -0.39 is 11.9 Å². The van der Waals surface area contributed by atoms with Gasteiger partial charge in [0, 0.05) is 5.56 Å². The number of carbonyl (C=O) groups excluding carboxylic acids is 1. The minimum Gasteiger partial charge on any atom is -0.391 e. The van der Waals surface area contributed by atoms with Gasteiger partial charge >= 0.3 is 0 Å². The van der Waals surface area contributed by atoms with Crippen molar-refractivity contribution in [3.05, 3.63) is 35.1 Å². The Bertz CT molecular complexity index is 577. The van der Waals surface area contributed by atoms with Gasteiger partial charge in [-0.05, 0) is 31.0 Å². The van der Waals surface area contributed by atoms with Crippen LogP contribution >= 0.6 is 0 Å². The lowest BCUT2D eigenvalue weighted by Gasteiger charge is -2.28. The predicted octanol–water partition coefficient (Wildman–Crippen LogP) is 1.20. The number of nitrogens with one attached hydrogen (secondary N) is 1. The lowest BCUT2D eigenvalue weighted by atomic mass is 9.92. The first-order chi connectivity index (χ1) is 10.1. The molecule has 2 rings (SSSR count). The summed E-state index contributed by atoms with van der Waals surface area (Å²) < 4.78 is 13.3. The van der Waals surface area contributed by atoms with Crippen molar-refractivity contribution in [2.75, 3.05) is 6.61 Å². The second-order valence-electron chi connectivity index (χ2n) is 5.08. The van der Waals surface area contributed by atoms with Crippen molar-refractivity contribution in [3.63, 3.8) is 0 Å². The summed E-state index contributed by atoms with van der Waals surface area (Å²) in [4.78, 5) is 12.3. The fourth-order valence-corrected chi connectivity index (χ4v) is 2.48. The zero-order valence-corrected chi connectivity index (χ0v) is 11.6. The van der Waals surface area contributed by atoms with E-state index in [0.29, 0.717) is 6.42 Å². The van der Waals surface area contributed by atoms with E-state index in [0.717, 1.165) is 25.3 Å². The molecule has 0 heterocycles. The smallest absolute Gasteiger partial charge is 0.252 e. The maximum Gasteiger partial charge on any atom is 0.252 e. The number of carbonyl (C=O) groups is 1. The fraction of sp³-hybridized carbons (Fsp3) is 0.438. The molecule has 0 aromatic heterocycles. The van der Waals surface area contributed by atoms with Crippen LogP contribution in [0.15, 0.2) is 18.2 Å². The van der Waals surface area contributed by atoms with Crippen molar-refractivity contribution in [2.45, 2.75) is 37.8 Å². The van der Waals surface area contributed by atoms with Gasteiger partial charge in [-0.25, -0.2) is 4.39 Å². The molecule has 2 unspecified atom stereocenters. The largest absolute Gasteiger partial charge is 0.391 e. The Kier molecular flexibility index (Phi) is 5.32. The van der Waals surface area contributed by atoms with Crippen LogP contribution in [0.4, 0.5) is 4.39 Å². The summed E-state index contributed by atoms with van der Waals surface area (Å²) in [6, 6.07) is 3.43. The van der Waals surface area contributed by atoms with Crippen LogP contribution < -0.4 is 5.32 Å². The molecule has 5 heteroatoms. The third kappa shape index (κ3) is 4.03. The number of benzene rings is 1. The monoisotopic (exact) mass is 291 g/mol. The number of aliphatic hydroxyl groups is 2. The maximum atomic E-state index is 13.3. The molecule has 21 heavy (non-hydrogen) atoms. The van der Waals surface area contributed by atoms with Crippen molar-refractivity contribution >= 4 is 5.91 Å². The highest BCUT2D eigenvalue weighted by Gasteiger charge is 2.25. The summed E-state index contributed by atoms with van der Waals surface area (Å²) in [5.74, 6) is 4.10. The van der Waals surface area contributed by atoms with E-state index in [4.69, 9.17) is 5.11 Å². The van der Waals surface area contributed by atoms with Gasteiger partial charge in [-0.3, -0.25) is 4.79 Å². The molecule has 1 aliphatic carbocycles. The molecule has 1 aromatic rings. The zero-order chi connectivity index (χ0) is 15.2. The van der Waals surface area contributed by atoms with Crippen LogP contribution in [0.25, 0.3) is 0 Å². The Morgan fingerprint density at radius 1 is 1.38 bits per heavy atom. The van der Waals surface area contributed by atoms with Crippen LogP contribution in [0.1, 0.15) is 41.6 Å². The van der Waals surface area contributed by atoms with Gasteiger partial charge in [0.1, 0.15) is 12.4 Å². The second-order valence-corrected chi connectivity index (χ2v) is 5.08. The standard InChI is InChI=1S/C16H18FNO3/c17-12-7-8-13(11(10-12)4-3-9-19)16(21)18-14-5-1-2-6-15(14)20/h7-8,10,14-15,19-20H,1-2,5-6,9H2,(H,18,21). The third-order valence-corrected chi connectivity index (χ3v) is 3.57. The number of hydrogen-bond donors (Lipinski definition) is 3. The highest BCUT2D eigenvalue weighted by Crippen LogP contribution is 2.19. The van der Waals surface area contributed by atoms with Crippen LogP contribution in [0.3, 0.4) is 0 Å². The molecule has 1 aliphatic rings. The second kappa shape index (κ2) is 7.21. The van der Waals surface area contributed by atoms with Crippen molar-refractivity contribution < 1.29 is 19.4 Å². The van der Waals surface area contributed by atoms with E-state index in [1.54, 1.807) is 0 Å². The minimum absolute atomic E-state index is 0.229. The summed E-state index contributed by atoms with van der Waals surface area (Å²) in [6.07, 6.45) is 2.77. The average Bonchev–Trinajstić information content (AvgIpc) is 2.47. The van der Waals surface area contributed by atoms with Gasteiger partial charge in [0.05, 0.1) is 17.7 Å². The third-order valence-electron chi connectivity index (χ3n) is 3.57. The number of hydrogen-bond acceptors (Lipinski definition) is 3. The molecule has 1 amide bonds. The van der Waals surface area contributed by atoms with Gasteiger partial charge in [0.25, 0.3) is 5.91 Å². The van der Waals surface area contributed by atoms with Gasteiger partial charge in [0.15, 0.2) is 0 Å². The quantitative estimate of drug-likeness (QED) is 0.717. The number of rotatable bonds is 2. The molecule has 0 saturated heterocycles. The predicted molar refractivity (Wildman–Crippen MR) is 76.1 cm³/mol. The summed E-state index contributed by atoms with van der Waals surface area (Å²) in [7, 11) is 0. The Morgan fingerprint density at radius 2 is 2.14 bits per heavy atom. The molecule has 1 fully saturated rings. The molecule has 2 atom stereocenters. The van der Waals surface area contributed by atoms with Crippen LogP contribution in [0.5, 0.6) is 0 Å². The van der Waals surface area contributed by atoms with Crippen molar-refractivity contribution in [3.8, 4) is 11.8 Å². The topological polar surface area (TPSA) is 69.6 Å². The molecule has 0 spiro atoms.